The van der Waals surface area contributed by atoms with Gasteiger partial charge < -0.3 is 10.6 Å². The minimum absolute atomic E-state index is 0.0255. The Morgan fingerprint density at radius 3 is 2.95 bits per heavy atom. The number of amides is 1. The van der Waals surface area contributed by atoms with Crippen LogP contribution in [0.25, 0.3) is 0 Å². The third-order valence-corrected chi connectivity index (χ3v) is 4.62. The average Bonchev–Trinajstić information content (AvgIpc) is 3.25. The van der Waals surface area contributed by atoms with Crippen molar-refractivity contribution in [3.05, 3.63) is 35.4 Å². The number of benzene rings is 1. The lowest BCUT2D eigenvalue weighted by Gasteiger charge is -2.30. The van der Waals surface area contributed by atoms with E-state index >= 15 is 0 Å². The van der Waals surface area contributed by atoms with E-state index in [1.807, 2.05) is 0 Å². The molecule has 1 aliphatic carbocycles. The first-order valence-electron chi connectivity index (χ1n) is 7.53. The molecule has 2 aliphatic rings. The molecule has 0 radical (unpaired) electrons. The molecular weight excluding hydrogens is 274 g/mol. The van der Waals surface area contributed by atoms with Crippen LogP contribution in [0.4, 0.5) is 8.78 Å². The van der Waals surface area contributed by atoms with Gasteiger partial charge in [-0.1, -0.05) is 19.1 Å². The first-order valence-corrected chi connectivity index (χ1v) is 7.53. The highest BCUT2D eigenvalue weighted by molar-refractivity contribution is 5.83. The van der Waals surface area contributed by atoms with E-state index < -0.39 is 11.6 Å². The maximum atomic E-state index is 13.7. The van der Waals surface area contributed by atoms with Gasteiger partial charge in [0.25, 0.3) is 0 Å². The summed E-state index contributed by atoms with van der Waals surface area (Å²) < 4.78 is 27.0. The molecule has 2 fully saturated rings. The fourth-order valence-electron chi connectivity index (χ4n) is 3.15. The molecule has 21 heavy (non-hydrogen) atoms. The summed E-state index contributed by atoms with van der Waals surface area (Å²) in [6, 6.07) is 4.35. The molecule has 4 unspecified atom stereocenters. The number of piperidine rings is 1. The van der Waals surface area contributed by atoms with Gasteiger partial charge in [0.05, 0.1) is 0 Å². The number of carbonyl (C=O) groups is 1. The van der Waals surface area contributed by atoms with Gasteiger partial charge in [-0.2, -0.15) is 0 Å². The van der Waals surface area contributed by atoms with Crippen LogP contribution in [0.3, 0.4) is 0 Å². The van der Waals surface area contributed by atoms with Crippen molar-refractivity contribution in [1.29, 1.82) is 0 Å². The van der Waals surface area contributed by atoms with Gasteiger partial charge in [-0.05, 0) is 49.4 Å². The monoisotopic (exact) mass is 294 g/mol. The molecule has 3 rings (SSSR count). The van der Waals surface area contributed by atoms with Crippen LogP contribution in [0.5, 0.6) is 0 Å². The van der Waals surface area contributed by atoms with Gasteiger partial charge in [0.15, 0.2) is 11.6 Å². The fraction of sp³-hybridized carbons (Fsp3) is 0.562. The van der Waals surface area contributed by atoms with E-state index in [9.17, 15) is 13.6 Å². The second-order valence-electron chi connectivity index (χ2n) is 6.18. The van der Waals surface area contributed by atoms with E-state index in [0.29, 0.717) is 17.9 Å². The van der Waals surface area contributed by atoms with Crippen LogP contribution in [0.2, 0.25) is 0 Å². The van der Waals surface area contributed by atoms with E-state index in [1.165, 1.54) is 6.07 Å². The maximum Gasteiger partial charge on any atom is 0.223 e. The van der Waals surface area contributed by atoms with Crippen LogP contribution in [-0.4, -0.2) is 25.0 Å². The molecule has 0 spiro atoms. The van der Waals surface area contributed by atoms with Gasteiger partial charge in [0.1, 0.15) is 0 Å². The minimum Gasteiger partial charge on any atom is -0.353 e. The molecule has 1 heterocycles. The van der Waals surface area contributed by atoms with Crippen molar-refractivity contribution in [2.75, 3.05) is 13.1 Å². The van der Waals surface area contributed by atoms with Crippen LogP contribution < -0.4 is 10.6 Å². The zero-order valence-corrected chi connectivity index (χ0v) is 12.0. The lowest BCUT2D eigenvalue weighted by Crippen LogP contribution is -2.48. The normalized spacial score (nSPS) is 31.8. The topological polar surface area (TPSA) is 41.1 Å². The zero-order chi connectivity index (χ0) is 15.0. The largest absolute Gasteiger partial charge is 0.353 e. The predicted molar refractivity (Wildman–Crippen MR) is 75.8 cm³/mol. The quantitative estimate of drug-likeness (QED) is 0.897. The van der Waals surface area contributed by atoms with Crippen LogP contribution in [0.1, 0.15) is 31.2 Å². The Balaban J connectivity index is 1.62. The number of carbonyl (C=O) groups excluding carboxylic acids is 1. The van der Waals surface area contributed by atoms with Crippen LogP contribution in [0, 0.1) is 23.5 Å². The maximum absolute atomic E-state index is 13.7. The van der Waals surface area contributed by atoms with Gasteiger partial charge in [-0.15, -0.1) is 0 Å². The lowest BCUT2D eigenvalue weighted by molar-refractivity contribution is -0.123. The lowest BCUT2D eigenvalue weighted by atomic mass is 9.95. The highest BCUT2D eigenvalue weighted by Gasteiger charge is 2.46. The third-order valence-electron chi connectivity index (χ3n) is 4.62. The SMILES string of the molecule is CC1CNCCC1NC(=O)C1CC1c1cccc(F)c1F. The van der Waals surface area contributed by atoms with Crippen molar-refractivity contribution in [2.45, 2.75) is 31.7 Å². The molecule has 0 aromatic heterocycles. The number of nitrogens with one attached hydrogen (secondary N) is 2. The van der Waals surface area contributed by atoms with Crippen molar-refractivity contribution in [3.63, 3.8) is 0 Å². The molecule has 2 N–H and O–H groups in total. The van der Waals surface area contributed by atoms with Crippen LogP contribution in [0.15, 0.2) is 18.2 Å². The van der Waals surface area contributed by atoms with Crippen molar-refractivity contribution in [1.82, 2.24) is 10.6 Å². The molecule has 3 nitrogen and oxygen atoms in total. The molecule has 1 saturated heterocycles. The summed E-state index contributed by atoms with van der Waals surface area (Å²) in [6.45, 7) is 3.91. The summed E-state index contributed by atoms with van der Waals surface area (Å²) >= 11 is 0. The minimum atomic E-state index is -0.842. The molecule has 0 bridgehead atoms. The summed E-state index contributed by atoms with van der Waals surface area (Å²) in [5.74, 6) is -1.69. The first kappa shape index (κ1) is 14.4. The Morgan fingerprint density at radius 2 is 2.19 bits per heavy atom. The second kappa shape index (κ2) is 5.72. The number of hydrogen-bond donors (Lipinski definition) is 2. The van der Waals surface area contributed by atoms with E-state index in [0.717, 1.165) is 25.6 Å². The zero-order valence-electron chi connectivity index (χ0n) is 12.0. The Bertz CT molecular complexity index is 549. The van der Waals surface area contributed by atoms with Gasteiger partial charge in [0.2, 0.25) is 5.91 Å². The summed E-state index contributed by atoms with van der Waals surface area (Å²) in [6.07, 6.45) is 1.52. The van der Waals surface area contributed by atoms with Crippen LogP contribution in [-0.2, 0) is 4.79 Å². The van der Waals surface area contributed by atoms with Gasteiger partial charge in [0, 0.05) is 12.0 Å². The van der Waals surface area contributed by atoms with E-state index in [1.54, 1.807) is 6.07 Å². The van der Waals surface area contributed by atoms with Crippen molar-refractivity contribution in [2.24, 2.45) is 11.8 Å². The molecule has 5 heteroatoms. The Labute approximate surface area is 123 Å². The van der Waals surface area contributed by atoms with Gasteiger partial charge in [-0.25, -0.2) is 8.78 Å². The highest BCUT2D eigenvalue weighted by atomic mass is 19.2. The van der Waals surface area contributed by atoms with E-state index in [4.69, 9.17) is 0 Å². The molecule has 114 valence electrons. The Morgan fingerprint density at radius 1 is 1.38 bits per heavy atom. The van der Waals surface area contributed by atoms with E-state index in [2.05, 4.69) is 17.6 Å². The third kappa shape index (κ3) is 2.93. The van der Waals surface area contributed by atoms with Crippen molar-refractivity contribution >= 4 is 5.91 Å². The van der Waals surface area contributed by atoms with Crippen molar-refractivity contribution < 1.29 is 13.6 Å². The highest BCUT2D eigenvalue weighted by Crippen LogP contribution is 2.48. The van der Waals surface area contributed by atoms with E-state index in [-0.39, 0.29) is 23.8 Å². The molecule has 1 aliphatic heterocycles. The summed E-state index contributed by atoms with van der Waals surface area (Å²) in [4.78, 5) is 12.3. The smallest absolute Gasteiger partial charge is 0.223 e. The number of hydrogen-bond acceptors (Lipinski definition) is 2. The standard InChI is InChI=1S/C16H20F2N2O/c1-9-8-19-6-5-14(9)20-16(21)12-7-11(12)10-3-2-4-13(17)15(10)18/h2-4,9,11-12,14,19H,5-8H2,1H3,(H,20,21). The van der Waals surface area contributed by atoms with Crippen molar-refractivity contribution in [3.8, 4) is 0 Å². The summed E-state index contributed by atoms with van der Waals surface area (Å²) in [7, 11) is 0. The Hall–Kier alpha value is -1.49. The fourth-order valence-corrected chi connectivity index (χ4v) is 3.15. The molecule has 1 saturated carbocycles. The molecule has 1 aromatic carbocycles. The number of halogens is 2. The summed E-state index contributed by atoms with van der Waals surface area (Å²) in [5, 5.41) is 6.36. The molecule has 4 atom stereocenters. The summed E-state index contributed by atoms with van der Waals surface area (Å²) in [5.41, 5.74) is 0.327. The van der Waals surface area contributed by atoms with Gasteiger partial charge in [-0.3, -0.25) is 4.79 Å². The predicted octanol–water partition coefficient (Wildman–Crippen LogP) is 2.18. The average molecular weight is 294 g/mol. The molecule has 1 amide bonds. The number of rotatable bonds is 3. The molecule has 1 aromatic rings. The Kier molecular flexibility index (Phi) is 3.93. The van der Waals surface area contributed by atoms with Gasteiger partial charge >= 0.3 is 0 Å². The molecular formula is C16H20F2N2O. The first-order chi connectivity index (χ1) is 10.1. The van der Waals surface area contributed by atoms with Crippen LogP contribution >= 0.6 is 0 Å². The second-order valence-corrected chi connectivity index (χ2v) is 6.18.